The van der Waals surface area contributed by atoms with Crippen molar-refractivity contribution in [3.8, 4) is 0 Å². The smallest absolute Gasteiger partial charge is 0.0256 e. The second kappa shape index (κ2) is 5.80. The summed E-state index contributed by atoms with van der Waals surface area (Å²) in [4.78, 5) is 0. The standard InChI is InChI=1S/C13H20/c1-3-8-13-10-7-5-4-6-9-12(2)11-13/h4-6,9,13H,2-3,7-8,10-11H2,1H3/b5-4-,9-6-. The van der Waals surface area contributed by atoms with Crippen molar-refractivity contribution >= 4 is 0 Å². The molecule has 0 saturated heterocycles. The quantitative estimate of drug-likeness (QED) is 0.590. The first-order valence-corrected chi connectivity index (χ1v) is 5.34. The molecule has 72 valence electrons. The lowest BCUT2D eigenvalue weighted by Gasteiger charge is -2.14. The Morgan fingerprint density at radius 2 is 2.31 bits per heavy atom. The van der Waals surface area contributed by atoms with Gasteiger partial charge in [0.1, 0.15) is 0 Å². The third-order valence-electron chi connectivity index (χ3n) is 2.57. The molecule has 1 rings (SSSR count). The van der Waals surface area contributed by atoms with Crippen LogP contribution in [0.5, 0.6) is 0 Å². The molecule has 0 aliphatic heterocycles. The lowest BCUT2D eigenvalue weighted by Crippen LogP contribution is -2.00. The number of hydrogen-bond donors (Lipinski definition) is 0. The Hall–Kier alpha value is -0.780. The van der Waals surface area contributed by atoms with E-state index in [1.807, 2.05) is 0 Å². The van der Waals surface area contributed by atoms with E-state index in [1.54, 1.807) is 0 Å². The van der Waals surface area contributed by atoms with Gasteiger partial charge < -0.3 is 0 Å². The fraction of sp³-hybridized carbons (Fsp3) is 0.538. The number of hydrogen-bond acceptors (Lipinski definition) is 0. The monoisotopic (exact) mass is 176 g/mol. The molecule has 1 atom stereocenters. The molecule has 0 heteroatoms. The molecule has 13 heavy (non-hydrogen) atoms. The first-order valence-electron chi connectivity index (χ1n) is 5.34. The van der Waals surface area contributed by atoms with E-state index < -0.39 is 0 Å². The van der Waals surface area contributed by atoms with Crippen LogP contribution in [0.4, 0.5) is 0 Å². The van der Waals surface area contributed by atoms with Gasteiger partial charge in [-0.15, -0.1) is 0 Å². The van der Waals surface area contributed by atoms with Crippen molar-refractivity contribution in [2.75, 3.05) is 0 Å². The van der Waals surface area contributed by atoms with Gasteiger partial charge in [0.25, 0.3) is 0 Å². The van der Waals surface area contributed by atoms with Crippen LogP contribution in [0.3, 0.4) is 0 Å². The van der Waals surface area contributed by atoms with E-state index in [-0.39, 0.29) is 0 Å². The van der Waals surface area contributed by atoms with Crippen molar-refractivity contribution in [2.24, 2.45) is 5.92 Å². The summed E-state index contributed by atoms with van der Waals surface area (Å²) in [6.07, 6.45) is 15.0. The molecule has 0 N–H and O–H groups in total. The molecular weight excluding hydrogens is 156 g/mol. The maximum absolute atomic E-state index is 4.07. The Balaban J connectivity index is 2.52. The summed E-state index contributed by atoms with van der Waals surface area (Å²) >= 11 is 0. The first-order chi connectivity index (χ1) is 6.33. The van der Waals surface area contributed by atoms with Crippen LogP contribution in [0.15, 0.2) is 36.5 Å². The molecule has 0 bridgehead atoms. The molecule has 0 radical (unpaired) electrons. The molecule has 0 heterocycles. The third-order valence-corrected chi connectivity index (χ3v) is 2.57. The van der Waals surface area contributed by atoms with Gasteiger partial charge in [-0.3, -0.25) is 0 Å². The molecule has 0 aromatic carbocycles. The van der Waals surface area contributed by atoms with Crippen LogP contribution in [0, 0.1) is 5.92 Å². The maximum atomic E-state index is 4.07. The SMILES string of the molecule is C=C1/C=C\C=C/CCC(CCC)C1. The van der Waals surface area contributed by atoms with Gasteiger partial charge in [0.15, 0.2) is 0 Å². The fourth-order valence-electron chi connectivity index (χ4n) is 1.89. The maximum Gasteiger partial charge on any atom is -0.0256 e. The highest BCUT2D eigenvalue weighted by Crippen LogP contribution is 2.23. The molecule has 1 aliphatic rings. The molecule has 0 fully saturated rings. The normalized spacial score (nSPS) is 28.7. The zero-order valence-electron chi connectivity index (χ0n) is 8.63. The van der Waals surface area contributed by atoms with Gasteiger partial charge in [0.2, 0.25) is 0 Å². The molecule has 0 saturated carbocycles. The minimum atomic E-state index is 0.852. The first kappa shape index (κ1) is 10.3. The zero-order valence-corrected chi connectivity index (χ0v) is 8.63. The van der Waals surface area contributed by atoms with E-state index in [9.17, 15) is 0 Å². The summed E-state index contributed by atoms with van der Waals surface area (Å²) in [7, 11) is 0. The average Bonchev–Trinajstić information content (AvgIpc) is 2.18. The van der Waals surface area contributed by atoms with E-state index in [4.69, 9.17) is 0 Å². The van der Waals surface area contributed by atoms with Crippen molar-refractivity contribution in [2.45, 2.75) is 39.0 Å². The Labute approximate surface area is 82.0 Å². The van der Waals surface area contributed by atoms with Crippen molar-refractivity contribution < 1.29 is 0 Å². The van der Waals surface area contributed by atoms with Crippen LogP contribution in [-0.4, -0.2) is 0 Å². The molecule has 1 unspecified atom stereocenters. The summed E-state index contributed by atoms with van der Waals surface area (Å²) in [6, 6.07) is 0. The predicted octanol–water partition coefficient (Wildman–Crippen LogP) is 4.26. The van der Waals surface area contributed by atoms with E-state index >= 15 is 0 Å². The lowest BCUT2D eigenvalue weighted by molar-refractivity contribution is 0.449. The lowest BCUT2D eigenvalue weighted by atomic mass is 9.91. The van der Waals surface area contributed by atoms with Gasteiger partial charge >= 0.3 is 0 Å². The van der Waals surface area contributed by atoms with E-state index in [0.717, 1.165) is 5.92 Å². The van der Waals surface area contributed by atoms with Crippen LogP contribution in [0.1, 0.15) is 39.0 Å². The van der Waals surface area contributed by atoms with Gasteiger partial charge in [-0.05, 0) is 25.2 Å². The summed E-state index contributed by atoms with van der Waals surface area (Å²) in [5.41, 5.74) is 1.28. The minimum Gasteiger partial charge on any atom is -0.0958 e. The van der Waals surface area contributed by atoms with Crippen molar-refractivity contribution in [1.82, 2.24) is 0 Å². The average molecular weight is 176 g/mol. The summed E-state index contributed by atoms with van der Waals surface area (Å²) < 4.78 is 0. The largest absolute Gasteiger partial charge is 0.0958 e. The van der Waals surface area contributed by atoms with Crippen LogP contribution < -0.4 is 0 Å². The molecule has 0 amide bonds. The highest BCUT2D eigenvalue weighted by molar-refractivity contribution is 5.20. The summed E-state index contributed by atoms with van der Waals surface area (Å²) in [6.45, 7) is 6.33. The molecule has 0 aromatic heterocycles. The fourth-order valence-corrected chi connectivity index (χ4v) is 1.89. The highest BCUT2D eigenvalue weighted by Gasteiger charge is 2.07. The molecular formula is C13H20. The number of allylic oxidation sites excluding steroid dienone is 5. The Bertz CT molecular complexity index is 208. The predicted molar refractivity (Wildman–Crippen MR) is 59.7 cm³/mol. The second-order valence-electron chi connectivity index (χ2n) is 3.88. The zero-order chi connectivity index (χ0) is 9.52. The van der Waals surface area contributed by atoms with E-state index in [2.05, 4.69) is 37.8 Å². The van der Waals surface area contributed by atoms with Gasteiger partial charge in [0, 0.05) is 0 Å². The van der Waals surface area contributed by atoms with Gasteiger partial charge in [0.05, 0.1) is 0 Å². The third kappa shape index (κ3) is 4.12. The van der Waals surface area contributed by atoms with Crippen LogP contribution >= 0.6 is 0 Å². The van der Waals surface area contributed by atoms with Crippen molar-refractivity contribution in [3.05, 3.63) is 36.5 Å². The Kier molecular flexibility index (Phi) is 4.59. The van der Waals surface area contributed by atoms with Gasteiger partial charge in [-0.25, -0.2) is 0 Å². The second-order valence-corrected chi connectivity index (χ2v) is 3.88. The molecule has 0 nitrogen and oxygen atoms in total. The molecule has 0 spiro atoms. The van der Waals surface area contributed by atoms with E-state index in [0.29, 0.717) is 0 Å². The Morgan fingerprint density at radius 3 is 3.08 bits per heavy atom. The Morgan fingerprint density at radius 1 is 1.46 bits per heavy atom. The van der Waals surface area contributed by atoms with Gasteiger partial charge in [-0.1, -0.05) is 56.2 Å². The van der Waals surface area contributed by atoms with Crippen LogP contribution in [0.25, 0.3) is 0 Å². The minimum absolute atomic E-state index is 0.852. The van der Waals surface area contributed by atoms with Crippen molar-refractivity contribution in [1.29, 1.82) is 0 Å². The summed E-state index contributed by atoms with van der Waals surface area (Å²) in [5.74, 6) is 0.852. The molecule has 1 aliphatic carbocycles. The molecule has 0 aromatic rings. The summed E-state index contributed by atoms with van der Waals surface area (Å²) in [5, 5.41) is 0. The van der Waals surface area contributed by atoms with Gasteiger partial charge in [-0.2, -0.15) is 0 Å². The topological polar surface area (TPSA) is 0 Å². The van der Waals surface area contributed by atoms with E-state index in [1.165, 1.54) is 37.7 Å². The van der Waals surface area contributed by atoms with Crippen LogP contribution in [-0.2, 0) is 0 Å². The number of rotatable bonds is 2. The van der Waals surface area contributed by atoms with Crippen molar-refractivity contribution in [3.63, 3.8) is 0 Å². The van der Waals surface area contributed by atoms with Crippen LogP contribution in [0.2, 0.25) is 0 Å². The highest BCUT2D eigenvalue weighted by atomic mass is 14.1.